The lowest BCUT2D eigenvalue weighted by Gasteiger charge is -2.23. The second-order valence-corrected chi connectivity index (χ2v) is 3.94. The number of nitro groups is 1. The Morgan fingerprint density at radius 3 is 2.62 bits per heavy atom. The predicted molar refractivity (Wildman–Crippen MR) is 53.0 cm³/mol. The summed E-state index contributed by atoms with van der Waals surface area (Å²) in [5.74, 6) is -0.969. The summed E-state index contributed by atoms with van der Waals surface area (Å²) < 4.78 is 1.22. The zero-order chi connectivity index (χ0) is 11.8. The molecule has 16 heavy (non-hydrogen) atoms. The van der Waals surface area contributed by atoms with Crippen LogP contribution in [0.5, 0.6) is 0 Å². The Balaban J connectivity index is 2.40. The van der Waals surface area contributed by atoms with Crippen molar-refractivity contribution in [1.82, 2.24) is 9.78 Å². The number of hydrogen-bond donors (Lipinski definition) is 1. The summed E-state index contributed by atoms with van der Waals surface area (Å²) in [5, 5.41) is 23.5. The molecular formula is C9H11N3O4. The summed E-state index contributed by atoms with van der Waals surface area (Å²) in [6, 6.07) is 0. The molecule has 0 bridgehead atoms. The molecule has 7 heteroatoms. The predicted octanol–water partition coefficient (Wildman–Crippen LogP) is 1.15. The number of aliphatic carboxylic acids is 1. The largest absolute Gasteiger partial charge is 0.479 e. The molecule has 1 saturated carbocycles. The molecular weight excluding hydrogens is 214 g/mol. The maximum absolute atomic E-state index is 11.3. The number of nitrogens with zero attached hydrogens (tertiary/aromatic N) is 3. The first-order chi connectivity index (χ1) is 7.56. The fraction of sp³-hybridized carbons (Fsp3) is 0.556. The van der Waals surface area contributed by atoms with Crippen molar-refractivity contribution in [3.8, 4) is 0 Å². The monoisotopic (exact) mass is 225 g/mol. The first kappa shape index (κ1) is 10.6. The van der Waals surface area contributed by atoms with Crippen molar-refractivity contribution >= 4 is 11.7 Å². The fourth-order valence-corrected chi connectivity index (χ4v) is 2.14. The van der Waals surface area contributed by atoms with Gasteiger partial charge in [-0.25, -0.2) is 9.48 Å². The Labute approximate surface area is 90.8 Å². The van der Waals surface area contributed by atoms with Gasteiger partial charge in [0.1, 0.15) is 12.4 Å². The van der Waals surface area contributed by atoms with E-state index in [0.717, 1.165) is 19.0 Å². The summed E-state index contributed by atoms with van der Waals surface area (Å²) in [7, 11) is 0. The van der Waals surface area contributed by atoms with Crippen LogP contribution in [0, 0.1) is 10.1 Å². The van der Waals surface area contributed by atoms with Crippen LogP contribution in [0.1, 0.15) is 25.7 Å². The van der Waals surface area contributed by atoms with Crippen LogP contribution >= 0.6 is 0 Å². The van der Waals surface area contributed by atoms with Crippen LogP contribution in [0.15, 0.2) is 12.4 Å². The van der Waals surface area contributed by atoms with Gasteiger partial charge in [-0.3, -0.25) is 10.1 Å². The molecule has 86 valence electrons. The van der Waals surface area contributed by atoms with Gasteiger partial charge in [0.2, 0.25) is 0 Å². The van der Waals surface area contributed by atoms with Crippen molar-refractivity contribution in [3.63, 3.8) is 0 Å². The van der Waals surface area contributed by atoms with Gasteiger partial charge in [-0.1, -0.05) is 12.8 Å². The molecule has 0 radical (unpaired) electrons. The maximum atomic E-state index is 11.3. The van der Waals surface area contributed by atoms with E-state index >= 15 is 0 Å². The maximum Gasteiger partial charge on any atom is 0.331 e. The van der Waals surface area contributed by atoms with Crippen molar-refractivity contribution < 1.29 is 14.8 Å². The van der Waals surface area contributed by atoms with E-state index in [9.17, 15) is 20.0 Å². The van der Waals surface area contributed by atoms with Crippen molar-refractivity contribution in [3.05, 3.63) is 22.5 Å². The third-order valence-electron chi connectivity index (χ3n) is 3.05. The van der Waals surface area contributed by atoms with E-state index < -0.39 is 16.4 Å². The summed E-state index contributed by atoms with van der Waals surface area (Å²) in [5.41, 5.74) is -1.26. The Hall–Kier alpha value is -1.92. The van der Waals surface area contributed by atoms with Gasteiger partial charge in [0, 0.05) is 0 Å². The summed E-state index contributed by atoms with van der Waals surface area (Å²) in [6.07, 6.45) is 4.84. The molecule has 1 N–H and O–H groups in total. The van der Waals surface area contributed by atoms with E-state index in [-0.39, 0.29) is 5.69 Å². The quantitative estimate of drug-likeness (QED) is 0.614. The number of carboxylic acids is 1. The molecule has 0 saturated heterocycles. The van der Waals surface area contributed by atoms with E-state index in [1.54, 1.807) is 0 Å². The number of aromatic nitrogens is 2. The molecule has 2 rings (SSSR count). The Kier molecular flexibility index (Phi) is 2.37. The van der Waals surface area contributed by atoms with Gasteiger partial charge >= 0.3 is 11.7 Å². The average Bonchev–Trinajstić information content (AvgIpc) is 2.87. The van der Waals surface area contributed by atoms with E-state index in [1.807, 2.05) is 0 Å². The highest BCUT2D eigenvalue weighted by Crippen LogP contribution is 2.37. The molecule has 0 unspecified atom stereocenters. The molecule has 1 heterocycles. The topological polar surface area (TPSA) is 98.3 Å². The highest BCUT2D eigenvalue weighted by Gasteiger charge is 2.44. The lowest BCUT2D eigenvalue weighted by atomic mass is 9.98. The van der Waals surface area contributed by atoms with Crippen LogP contribution in [0.4, 0.5) is 5.69 Å². The van der Waals surface area contributed by atoms with E-state index in [4.69, 9.17) is 0 Å². The Morgan fingerprint density at radius 2 is 2.19 bits per heavy atom. The number of carboxylic acid groups (broad SMARTS) is 1. The Bertz CT molecular complexity index is 434. The van der Waals surface area contributed by atoms with Crippen LogP contribution in [0.3, 0.4) is 0 Å². The first-order valence-corrected chi connectivity index (χ1v) is 4.99. The molecule has 1 aromatic heterocycles. The number of hydrogen-bond acceptors (Lipinski definition) is 4. The molecule has 0 spiro atoms. The highest BCUT2D eigenvalue weighted by molar-refractivity contribution is 5.77. The minimum Gasteiger partial charge on any atom is -0.479 e. The van der Waals surface area contributed by atoms with Gasteiger partial charge in [0.25, 0.3) is 0 Å². The molecule has 1 aromatic rings. The van der Waals surface area contributed by atoms with E-state index in [0.29, 0.717) is 12.8 Å². The van der Waals surface area contributed by atoms with Gasteiger partial charge in [0.05, 0.1) is 4.92 Å². The molecule has 1 fully saturated rings. The highest BCUT2D eigenvalue weighted by atomic mass is 16.6. The average molecular weight is 225 g/mol. The lowest BCUT2D eigenvalue weighted by molar-refractivity contribution is -0.385. The zero-order valence-corrected chi connectivity index (χ0v) is 8.50. The molecule has 1 aliphatic carbocycles. The molecule has 1 aliphatic rings. The van der Waals surface area contributed by atoms with Crippen molar-refractivity contribution in [2.45, 2.75) is 31.2 Å². The van der Waals surface area contributed by atoms with Crippen molar-refractivity contribution in [2.75, 3.05) is 0 Å². The van der Waals surface area contributed by atoms with Gasteiger partial charge in [-0.05, 0) is 12.8 Å². The molecule has 0 atom stereocenters. The van der Waals surface area contributed by atoms with Crippen LogP contribution in [0.25, 0.3) is 0 Å². The van der Waals surface area contributed by atoms with Crippen molar-refractivity contribution in [2.24, 2.45) is 0 Å². The van der Waals surface area contributed by atoms with Crippen molar-refractivity contribution in [1.29, 1.82) is 0 Å². The number of carbonyl (C=O) groups is 1. The van der Waals surface area contributed by atoms with E-state index in [1.165, 1.54) is 10.9 Å². The normalized spacial score (nSPS) is 18.5. The van der Waals surface area contributed by atoms with Gasteiger partial charge in [-0.15, -0.1) is 0 Å². The van der Waals surface area contributed by atoms with Gasteiger partial charge in [0.15, 0.2) is 5.54 Å². The van der Waals surface area contributed by atoms with Crippen LogP contribution in [0.2, 0.25) is 0 Å². The number of rotatable bonds is 3. The second kappa shape index (κ2) is 3.58. The minimum absolute atomic E-state index is 0.174. The molecule has 0 aromatic carbocycles. The molecule has 0 aliphatic heterocycles. The van der Waals surface area contributed by atoms with Crippen LogP contribution in [-0.2, 0) is 10.3 Å². The lowest BCUT2D eigenvalue weighted by Crippen LogP contribution is -2.39. The third-order valence-corrected chi connectivity index (χ3v) is 3.05. The van der Waals surface area contributed by atoms with Gasteiger partial charge in [-0.2, -0.15) is 5.10 Å². The molecule has 7 nitrogen and oxygen atoms in total. The van der Waals surface area contributed by atoms with Gasteiger partial charge < -0.3 is 5.11 Å². The summed E-state index contributed by atoms with van der Waals surface area (Å²) in [6.45, 7) is 0. The second-order valence-electron chi connectivity index (χ2n) is 3.94. The summed E-state index contributed by atoms with van der Waals surface area (Å²) in [4.78, 5) is 21.2. The van der Waals surface area contributed by atoms with Crippen LogP contribution < -0.4 is 0 Å². The smallest absolute Gasteiger partial charge is 0.331 e. The van der Waals surface area contributed by atoms with Crippen LogP contribution in [-0.4, -0.2) is 25.8 Å². The SMILES string of the molecule is O=C(O)C1(n2cc([N+](=O)[O-])cn2)CCCC1. The Morgan fingerprint density at radius 1 is 1.56 bits per heavy atom. The van der Waals surface area contributed by atoms with E-state index in [2.05, 4.69) is 5.10 Å². The fourth-order valence-electron chi connectivity index (χ4n) is 2.14. The standard InChI is InChI=1S/C9H11N3O4/c13-8(14)9(3-1-2-4-9)11-6-7(5-10-11)12(15)16/h5-6H,1-4H2,(H,13,14). The zero-order valence-electron chi connectivity index (χ0n) is 8.50. The third kappa shape index (κ3) is 1.44. The summed E-state index contributed by atoms with van der Waals surface area (Å²) >= 11 is 0. The first-order valence-electron chi connectivity index (χ1n) is 4.99. The molecule has 0 amide bonds. The minimum atomic E-state index is -1.09.